The van der Waals surface area contributed by atoms with Crippen molar-refractivity contribution in [3.05, 3.63) is 28.7 Å². The second-order valence-corrected chi connectivity index (χ2v) is 3.27. The zero-order chi connectivity index (χ0) is 10.5. The number of nitrogens with one attached hydrogen (secondary N) is 1. The maximum Gasteiger partial charge on any atom is 0.251 e. The summed E-state index contributed by atoms with van der Waals surface area (Å²) >= 11 is 0. The van der Waals surface area contributed by atoms with Gasteiger partial charge in [-0.2, -0.15) is 0 Å². The van der Waals surface area contributed by atoms with Crippen molar-refractivity contribution < 1.29 is 14.2 Å². The number of aromatic nitrogens is 1. The molecule has 5 nitrogen and oxygen atoms in total. The van der Waals surface area contributed by atoms with E-state index >= 15 is 0 Å². The van der Waals surface area contributed by atoms with Crippen molar-refractivity contribution in [2.45, 2.75) is 6.10 Å². The molecule has 0 saturated carbocycles. The van der Waals surface area contributed by atoms with E-state index in [0.29, 0.717) is 32.2 Å². The van der Waals surface area contributed by atoms with Crippen LogP contribution in [0.15, 0.2) is 23.1 Å². The van der Waals surface area contributed by atoms with Crippen LogP contribution in [0.3, 0.4) is 0 Å². The third kappa shape index (κ3) is 3.07. The number of pyridine rings is 1. The first-order valence-corrected chi connectivity index (χ1v) is 4.85. The number of aromatic amines is 1. The first-order valence-electron chi connectivity index (χ1n) is 4.85. The molecule has 1 aliphatic rings. The zero-order valence-electron chi connectivity index (χ0n) is 8.27. The summed E-state index contributed by atoms with van der Waals surface area (Å²) in [6.45, 7) is 2.19. The lowest BCUT2D eigenvalue weighted by Gasteiger charge is -2.22. The molecule has 2 heterocycles. The van der Waals surface area contributed by atoms with Gasteiger partial charge >= 0.3 is 0 Å². The summed E-state index contributed by atoms with van der Waals surface area (Å²) in [5.74, 6) is 0.549. The Morgan fingerprint density at radius 2 is 2.47 bits per heavy atom. The molecule has 15 heavy (non-hydrogen) atoms. The van der Waals surface area contributed by atoms with E-state index in [1.54, 1.807) is 12.3 Å². The molecule has 1 fully saturated rings. The summed E-state index contributed by atoms with van der Waals surface area (Å²) in [5, 5.41) is 0. The molecule has 0 spiro atoms. The molecule has 1 atom stereocenters. The van der Waals surface area contributed by atoms with Crippen LogP contribution < -0.4 is 10.3 Å². The number of ether oxygens (including phenoxy) is 3. The highest BCUT2D eigenvalue weighted by atomic mass is 16.6. The Hall–Kier alpha value is -1.33. The Bertz CT molecular complexity index is 356. The van der Waals surface area contributed by atoms with Crippen molar-refractivity contribution in [3.63, 3.8) is 0 Å². The van der Waals surface area contributed by atoms with Crippen LogP contribution in [-0.4, -0.2) is 37.5 Å². The molecule has 1 aliphatic heterocycles. The van der Waals surface area contributed by atoms with Gasteiger partial charge in [0.1, 0.15) is 18.5 Å². The Kier molecular flexibility index (Phi) is 3.37. The van der Waals surface area contributed by atoms with Gasteiger partial charge in [-0.25, -0.2) is 0 Å². The van der Waals surface area contributed by atoms with Gasteiger partial charge in [0.15, 0.2) is 0 Å². The van der Waals surface area contributed by atoms with Gasteiger partial charge in [0, 0.05) is 12.3 Å². The lowest BCUT2D eigenvalue weighted by molar-refractivity contribution is -0.101. The lowest BCUT2D eigenvalue weighted by atomic mass is 10.3. The Morgan fingerprint density at radius 1 is 1.53 bits per heavy atom. The Balaban J connectivity index is 1.84. The normalized spacial score (nSPS) is 21.2. The first kappa shape index (κ1) is 10.2. The van der Waals surface area contributed by atoms with Gasteiger partial charge in [-0.15, -0.1) is 0 Å². The second-order valence-electron chi connectivity index (χ2n) is 3.27. The lowest BCUT2D eigenvalue weighted by Crippen LogP contribution is -2.33. The molecular weight excluding hydrogens is 198 g/mol. The van der Waals surface area contributed by atoms with Crippen molar-refractivity contribution in [3.8, 4) is 5.75 Å². The van der Waals surface area contributed by atoms with Gasteiger partial charge in [0.25, 0.3) is 5.56 Å². The van der Waals surface area contributed by atoms with Crippen LogP contribution in [-0.2, 0) is 9.47 Å². The number of hydrogen-bond donors (Lipinski definition) is 1. The third-order valence-electron chi connectivity index (χ3n) is 2.07. The van der Waals surface area contributed by atoms with Crippen molar-refractivity contribution in [1.82, 2.24) is 4.98 Å². The van der Waals surface area contributed by atoms with Crippen LogP contribution >= 0.6 is 0 Å². The average Bonchev–Trinajstić information content (AvgIpc) is 2.28. The highest BCUT2D eigenvalue weighted by Crippen LogP contribution is 2.07. The SMILES string of the molecule is O=c1cc(OC[C@@H]2COCCO2)cc[nH]1. The summed E-state index contributed by atoms with van der Waals surface area (Å²) in [6.07, 6.45) is 1.51. The monoisotopic (exact) mass is 211 g/mol. The van der Waals surface area contributed by atoms with Gasteiger partial charge in [0.2, 0.25) is 0 Å². The van der Waals surface area contributed by atoms with Gasteiger partial charge < -0.3 is 19.2 Å². The van der Waals surface area contributed by atoms with Crippen molar-refractivity contribution in [2.75, 3.05) is 26.4 Å². The topological polar surface area (TPSA) is 60.6 Å². The zero-order valence-corrected chi connectivity index (χ0v) is 8.27. The number of hydrogen-bond acceptors (Lipinski definition) is 4. The molecule has 82 valence electrons. The molecule has 0 bridgehead atoms. The molecule has 1 N–H and O–H groups in total. The fourth-order valence-electron chi connectivity index (χ4n) is 1.34. The second kappa shape index (κ2) is 4.95. The van der Waals surface area contributed by atoms with Gasteiger partial charge in [-0.3, -0.25) is 4.79 Å². The molecule has 1 aromatic heterocycles. The predicted octanol–water partition coefficient (Wildman–Crippen LogP) is 0.169. The van der Waals surface area contributed by atoms with E-state index in [1.807, 2.05) is 0 Å². The van der Waals surface area contributed by atoms with E-state index in [2.05, 4.69) is 4.98 Å². The van der Waals surface area contributed by atoms with E-state index in [9.17, 15) is 4.79 Å². The fourth-order valence-corrected chi connectivity index (χ4v) is 1.34. The number of H-pyrrole nitrogens is 1. The number of rotatable bonds is 3. The summed E-state index contributed by atoms with van der Waals surface area (Å²) in [5.41, 5.74) is -0.173. The van der Waals surface area contributed by atoms with Crippen LogP contribution in [0.4, 0.5) is 0 Å². The van der Waals surface area contributed by atoms with Crippen LogP contribution in [0.25, 0.3) is 0 Å². The van der Waals surface area contributed by atoms with Gasteiger partial charge in [0.05, 0.1) is 19.8 Å². The Labute approximate surface area is 87.0 Å². The smallest absolute Gasteiger partial charge is 0.251 e. The maximum absolute atomic E-state index is 10.9. The van der Waals surface area contributed by atoms with E-state index < -0.39 is 0 Å². The summed E-state index contributed by atoms with van der Waals surface area (Å²) in [4.78, 5) is 13.5. The molecule has 0 aromatic carbocycles. The van der Waals surface area contributed by atoms with E-state index in [-0.39, 0.29) is 11.7 Å². The fraction of sp³-hybridized carbons (Fsp3) is 0.500. The van der Waals surface area contributed by atoms with Crippen LogP contribution in [0, 0.1) is 0 Å². The molecule has 0 amide bonds. The predicted molar refractivity (Wildman–Crippen MR) is 53.1 cm³/mol. The molecule has 0 unspecified atom stereocenters. The van der Waals surface area contributed by atoms with Crippen LogP contribution in [0.1, 0.15) is 0 Å². The Morgan fingerprint density at radius 3 is 3.20 bits per heavy atom. The minimum absolute atomic E-state index is 0.0435. The van der Waals surface area contributed by atoms with Crippen LogP contribution in [0.2, 0.25) is 0 Å². The van der Waals surface area contributed by atoms with Crippen molar-refractivity contribution in [1.29, 1.82) is 0 Å². The van der Waals surface area contributed by atoms with E-state index in [1.165, 1.54) is 6.07 Å². The van der Waals surface area contributed by atoms with Gasteiger partial charge in [-0.05, 0) is 6.07 Å². The standard InChI is InChI=1S/C10H13NO4/c12-10-5-8(1-2-11-10)15-7-9-6-13-3-4-14-9/h1-2,5,9H,3-4,6-7H2,(H,11,12)/t9-/m0/s1. The minimum Gasteiger partial charge on any atom is -0.491 e. The van der Waals surface area contributed by atoms with Gasteiger partial charge in [-0.1, -0.05) is 0 Å². The molecule has 2 rings (SSSR count). The summed E-state index contributed by atoms with van der Waals surface area (Å²) in [7, 11) is 0. The van der Waals surface area contributed by atoms with Crippen molar-refractivity contribution >= 4 is 0 Å². The molecule has 1 aromatic rings. The highest BCUT2D eigenvalue weighted by molar-refractivity contribution is 5.16. The summed E-state index contributed by atoms with van der Waals surface area (Å²) in [6, 6.07) is 3.11. The quantitative estimate of drug-likeness (QED) is 0.774. The highest BCUT2D eigenvalue weighted by Gasteiger charge is 2.14. The third-order valence-corrected chi connectivity index (χ3v) is 2.07. The van der Waals surface area contributed by atoms with E-state index in [4.69, 9.17) is 14.2 Å². The minimum atomic E-state index is -0.173. The molecular formula is C10H13NO4. The van der Waals surface area contributed by atoms with Crippen LogP contribution in [0.5, 0.6) is 5.75 Å². The summed E-state index contributed by atoms with van der Waals surface area (Å²) < 4.78 is 16.0. The van der Waals surface area contributed by atoms with Crippen molar-refractivity contribution in [2.24, 2.45) is 0 Å². The molecule has 1 saturated heterocycles. The largest absolute Gasteiger partial charge is 0.491 e. The average molecular weight is 211 g/mol. The first-order chi connectivity index (χ1) is 7.34. The molecule has 5 heteroatoms. The van der Waals surface area contributed by atoms with E-state index in [0.717, 1.165) is 0 Å². The molecule has 0 radical (unpaired) electrons. The molecule has 0 aliphatic carbocycles. The maximum atomic E-state index is 10.9.